The second kappa shape index (κ2) is 7.96. The summed E-state index contributed by atoms with van der Waals surface area (Å²) < 4.78 is 0. The molecule has 0 spiro atoms. The fourth-order valence-corrected chi connectivity index (χ4v) is 0.921. The van der Waals surface area contributed by atoms with E-state index in [9.17, 15) is 19.2 Å². The van der Waals surface area contributed by atoms with Gasteiger partial charge >= 0.3 is 0 Å². The number of hydrogen-bond acceptors (Lipinski definition) is 5. The highest BCUT2D eigenvalue weighted by Crippen LogP contribution is 2.00. The Morgan fingerprint density at radius 1 is 1.11 bits per heavy atom. The first-order chi connectivity index (χ1) is 8.38. The third kappa shape index (κ3) is 6.38. The van der Waals surface area contributed by atoms with E-state index in [0.717, 1.165) is 4.90 Å². The average molecular weight is 256 g/mol. The first-order valence-electron chi connectivity index (χ1n) is 5.11. The molecule has 0 radical (unpaired) electrons. The van der Waals surface area contributed by atoms with Gasteiger partial charge in [0, 0.05) is 26.0 Å². The van der Waals surface area contributed by atoms with E-state index in [2.05, 4.69) is 10.6 Å². The van der Waals surface area contributed by atoms with Gasteiger partial charge in [-0.15, -0.1) is 0 Å². The quantitative estimate of drug-likeness (QED) is 0.400. The van der Waals surface area contributed by atoms with Gasteiger partial charge in [0.15, 0.2) is 0 Å². The molecule has 8 nitrogen and oxygen atoms in total. The molecule has 0 unspecified atom stereocenters. The molecule has 0 aromatic rings. The van der Waals surface area contributed by atoms with Crippen LogP contribution in [0.1, 0.15) is 13.8 Å². The van der Waals surface area contributed by atoms with E-state index in [1.807, 2.05) is 0 Å². The Labute approximate surface area is 104 Å². The minimum atomic E-state index is -0.395. The highest BCUT2D eigenvalue weighted by molar-refractivity contribution is 6.12. The summed E-state index contributed by atoms with van der Waals surface area (Å²) in [6.07, 6.45) is 2.34. The average Bonchev–Trinajstić information content (AvgIpc) is 2.56. The minimum absolute atomic E-state index is 0.0556. The number of carbonyl (C=O) groups excluding carboxylic acids is 4. The van der Waals surface area contributed by atoms with E-state index < -0.39 is 11.8 Å². The van der Waals surface area contributed by atoms with Gasteiger partial charge in [0.05, 0.1) is 6.67 Å². The van der Waals surface area contributed by atoms with Crippen LogP contribution in [0.5, 0.6) is 0 Å². The van der Waals surface area contributed by atoms with Crippen LogP contribution in [0.25, 0.3) is 0 Å². The first kappa shape index (κ1) is 15.8. The molecule has 4 amide bonds. The molecule has 8 heteroatoms. The molecule has 0 fully saturated rings. The molecule has 0 aromatic heterocycles. The third-order valence-corrected chi connectivity index (χ3v) is 1.74. The van der Waals surface area contributed by atoms with Crippen LogP contribution >= 0.6 is 0 Å². The van der Waals surface area contributed by atoms with Crippen LogP contribution in [0.2, 0.25) is 0 Å². The lowest BCUT2D eigenvalue weighted by molar-refractivity contribution is -0.137. The molecule has 1 rings (SSSR count). The van der Waals surface area contributed by atoms with E-state index in [1.54, 1.807) is 0 Å². The van der Waals surface area contributed by atoms with Gasteiger partial charge in [0.1, 0.15) is 6.67 Å². The molecule has 0 saturated heterocycles. The van der Waals surface area contributed by atoms with E-state index in [-0.39, 0.29) is 25.2 Å². The molecule has 1 heterocycles. The Hall–Kier alpha value is -2.22. The van der Waals surface area contributed by atoms with Crippen LogP contribution in [0, 0.1) is 0 Å². The molecule has 1 aliphatic heterocycles. The minimum Gasteiger partial charge on any atom is -0.344 e. The van der Waals surface area contributed by atoms with Crippen LogP contribution < -0.4 is 16.4 Å². The Balaban J connectivity index is 0.000000411. The van der Waals surface area contributed by atoms with Crippen molar-refractivity contribution in [1.82, 2.24) is 15.5 Å². The maximum absolute atomic E-state index is 10.9. The molecule has 0 bridgehead atoms. The standard InChI is InChI=1S/C7H8N2O3.C3H8N2O/c1-5(10)8-4-9-6(11)2-3-7(9)12;1-3(6)5-2-4/h2-3H,4H2,1H3,(H,8,10);2,4H2,1H3,(H,5,6). The zero-order chi connectivity index (χ0) is 14.1. The number of hydrogen-bond donors (Lipinski definition) is 3. The summed E-state index contributed by atoms with van der Waals surface area (Å²) in [5.74, 6) is -1.15. The fraction of sp³-hybridized carbons (Fsp3) is 0.400. The summed E-state index contributed by atoms with van der Waals surface area (Å²) in [6, 6.07) is 0. The van der Waals surface area contributed by atoms with Crippen molar-refractivity contribution >= 4 is 23.6 Å². The van der Waals surface area contributed by atoms with Crippen LogP contribution in [-0.4, -0.2) is 41.9 Å². The fourth-order valence-electron chi connectivity index (χ4n) is 0.921. The van der Waals surface area contributed by atoms with Crippen LogP contribution in [0.3, 0.4) is 0 Å². The predicted octanol–water partition coefficient (Wildman–Crippen LogP) is -1.96. The molecule has 100 valence electrons. The van der Waals surface area contributed by atoms with E-state index in [0.29, 0.717) is 0 Å². The Morgan fingerprint density at radius 3 is 1.83 bits per heavy atom. The van der Waals surface area contributed by atoms with Crippen molar-refractivity contribution in [3.63, 3.8) is 0 Å². The Kier molecular flexibility index (Phi) is 6.98. The van der Waals surface area contributed by atoms with Crippen molar-refractivity contribution in [2.24, 2.45) is 5.73 Å². The molecule has 1 aliphatic rings. The van der Waals surface area contributed by atoms with Crippen molar-refractivity contribution < 1.29 is 19.2 Å². The normalized spacial score (nSPS) is 12.9. The SMILES string of the molecule is CC(=O)NCN.CC(=O)NCN1C(=O)C=CC1=O. The maximum Gasteiger partial charge on any atom is 0.255 e. The summed E-state index contributed by atoms with van der Waals surface area (Å²) in [6.45, 7) is 2.92. The van der Waals surface area contributed by atoms with Gasteiger partial charge in [-0.05, 0) is 0 Å². The van der Waals surface area contributed by atoms with Gasteiger partial charge in [0.25, 0.3) is 11.8 Å². The second-order valence-electron chi connectivity index (χ2n) is 3.27. The van der Waals surface area contributed by atoms with Crippen molar-refractivity contribution in [3.8, 4) is 0 Å². The smallest absolute Gasteiger partial charge is 0.255 e. The maximum atomic E-state index is 10.9. The van der Waals surface area contributed by atoms with E-state index in [1.165, 1.54) is 26.0 Å². The first-order valence-corrected chi connectivity index (χ1v) is 5.11. The molecule has 0 aliphatic carbocycles. The zero-order valence-corrected chi connectivity index (χ0v) is 10.2. The number of rotatable bonds is 3. The molecule has 0 atom stereocenters. The van der Waals surface area contributed by atoms with E-state index >= 15 is 0 Å². The number of imide groups is 1. The molecule has 0 saturated carbocycles. The molecular weight excluding hydrogens is 240 g/mol. The monoisotopic (exact) mass is 256 g/mol. The van der Waals surface area contributed by atoms with Crippen molar-refractivity contribution in [3.05, 3.63) is 12.2 Å². The molecular formula is C10H16N4O4. The van der Waals surface area contributed by atoms with Crippen LogP contribution in [-0.2, 0) is 19.2 Å². The number of nitrogens with two attached hydrogens (primary N) is 1. The van der Waals surface area contributed by atoms with Crippen molar-refractivity contribution in [2.75, 3.05) is 13.3 Å². The zero-order valence-electron chi connectivity index (χ0n) is 10.2. The lowest BCUT2D eigenvalue weighted by Gasteiger charge is -2.12. The second-order valence-corrected chi connectivity index (χ2v) is 3.27. The highest BCUT2D eigenvalue weighted by Gasteiger charge is 2.22. The topological polar surface area (TPSA) is 122 Å². The van der Waals surface area contributed by atoms with Crippen LogP contribution in [0.15, 0.2) is 12.2 Å². The summed E-state index contributed by atoms with van der Waals surface area (Å²) in [4.78, 5) is 43.0. The van der Waals surface area contributed by atoms with Gasteiger partial charge < -0.3 is 16.4 Å². The van der Waals surface area contributed by atoms with Gasteiger partial charge in [-0.3, -0.25) is 24.1 Å². The van der Waals surface area contributed by atoms with E-state index in [4.69, 9.17) is 5.73 Å². The Bertz CT molecular complexity index is 360. The van der Waals surface area contributed by atoms with Crippen molar-refractivity contribution in [1.29, 1.82) is 0 Å². The lowest BCUT2D eigenvalue weighted by atomic mass is 10.6. The van der Waals surface area contributed by atoms with Gasteiger partial charge in [-0.2, -0.15) is 0 Å². The molecule has 4 N–H and O–H groups in total. The summed E-state index contributed by atoms with van der Waals surface area (Å²) in [7, 11) is 0. The summed E-state index contributed by atoms with van der Waals surface area (Å²) >= 11 is 0. The largest absolute Gasteiger partial charge is 0.344 e. The van der Waals surface area contributed by atoms with Crippen LogP contribution in [0.4, 0.5) is 0 Å². The summed E-state index contributed by atoms with van der Waals surface area (Å²) in [5, 5.41) is 4.70. The number of amides is 4. The van der Waals surface area contributed by atoms with Gasteiger partial charge in [-0.25, -0.2) is 0 Å². The Morgan fingerprint density at radius 2 is 1.56 bits per heavy atom. The number of nitrogens with one attached hydrogen (secondary N) is 2. The predicted molar refractivity (Wildman–Crippen MR) is 62.5 cm³/mol. The van der Waals surface area contributed by atoms with Gasteiger partial charge in [-0.1, -0.05) is 0 Å². The number of nitrogens with zero attached hydrogens (tertiary/aromatic N) is 1. The lowest BCUT2D eigenvalue weighted by Crippen LogP contribution is -2.40. The third-order valence-electron chi connectivity index (χ3n) is 1.74. The molecule has 18 heavy (non-hydrogen) atoms. The number of carbonyl (C=O) groups is 4. The van der Waals surface area contributed by atoms with Gasteiger partial charge in [0.2, 0.25) is 11.8 Å². The summed E-state index contributed by atoms with van der Waals surface area (Å²) in [5.41, 5.74) is 4.90. The molecule has 0 aromatic carbocycles. The van der Waals surface area contributed by atoms with Crippen molar-refractivity contribution in [2.45, 2.75) is 13.8 Å². The highest BCUT2D eigenvalue weighted by atomic mass is 16.2.